The van der Waals surface area contributed by atoms with E-state index in [-0.39, 0.29) is 30.3 Å². The highest BCUT2D eigenvalue weighted by molar-refractivity contribution is 5.85. The van der Waals surface area contributed by atoms with Crippen LogP contribution in [0.4, 0.5) is 0 Å². The maximum atomic E-state index is 10.9. The van der Waals surface area contributed by atoms with Gasteiger partial charge in [0.15, 0.2) is 0 Å². The Bertz CT molecular complexity index is 140. The van der Waals surface area contributed by atoms with Gasteiger partial charge in [-0.25, -0.2) is 0 Å². The summed E-state index contributed by atoms with van der Waals surface area (Å²) in [4.78, 5) is 10.9. The molecule has 4 heteroatoms. The van der Waals surface area contributed by atoms with E-state index < -0.39 is 0 Å². The Morgan fingerprint density at radius 2 is 2.18 bits per heavy atom. The number of halogens is 1. The molecule has 0 saturated heterocycles. The highest BCUT2D eigenvalue weighted by Gasteiger charge is 2.27. The van der Waals surface area contributed by atoms with Gasteiger partial charge >= 0.3 is 5.97 Å². The van der Waals surface area contributed by atoms with E-state index in [0.29, 0.717) is 0 Å². The highest BCUT2D eigenvalue weighted by Crippen LogP contribution is 2.24. The Balaban J connectivity index is 0.000001000. The third kappa shape index (κ3) is 2.67. The first kappa shape index (κ1) is 10.7. The molecule has 0 bridgehead atoms. The van der Waals surface area contributed by atoms with Gasteiger partial charge in [0.05, 0.1) is 13.0 Å². The quantitative estimate of drug-likeness (QED) is 0.604. The van der Waals surface area contributed by atoms with Gasteiger partial charge in [-0.1, -0.05) is 0 Å². The predicted octanol–water partition coefficient (Wildman–Crippen LogP) is 0.709. The van der Waals surface area contributed by atoms with Crippen molar-refractivity contribution in [2.24, 2.45) is 11.7 Å². The standard InChI is InChI=1S/C7H13NO2.ClH/c1-10-7(9)5-2-3-6(8)4-5;/h5-6H,2-4,8H2,1H3;1H. The zero-order valence-corrected chi connectivity index (χ0v) is 7.39. The Labute approximate surface area is 72.7 Å². The number of carbonyl (C=O) groups is 1. The molecule has 0 aromatic heterocycles. The fourth-order valence-corrected chi connectivity index (χ4v) is 1.40. The smallest absolute Gasteiger partial charge is 0.308 e. The summed E-state index contributed by atoms with van der Waals surface area (Å²) in [7, 11) is 1.42. The Kier molecular flexibility index (Phi) is 4.45. The van der Waals surface area contributed by atoms with Gasteiger partial charge in [-0.3, -0.25) is 4.79 Å². The van der Waals surface area contributed by atoms with Crippen molar-refractivity contribution >= 4 is 18.4 Å². The second-order valence-electron chi connectivity index (χ2n) is 2.79. The molecule has 0 aromatic rings. The van der Waals surface area contributed by atoms with Crippen LogP contribution >= 0.6 is 12.4 Å². The summed E-state index contributed by atoms with van der Waals surface area (Å²) < 4.78 is 4.59. The molecule has 2 N–H and O–H groups in total. The zero-order chi connectivity index (χ0) is 7.56. The molecule has 1 fully saturated rings. The van der Waals surface area contributed by atoms with Crippen molar-refractivity contribution in [3.05, 3.63) is 0 Å². The summed E-state index contributed by atoms with van der Waals surface area (Å²) in [5, 5.41) is 0. The number of rotatable bonds is 1. The second kappa shape index (κ2) is 4.57. The van der Waals surface area contributed by atoms with Gasteiger partial charge < -0.3 is 10.5 Å². The number of ether oxygens (including phenoxy) is 1. The molecule has 2 unspecified atom stereocenters. The monoisotopic (exact) mass is 179 g/mol. The predicted molar refractivity (Wildman–Crippen MR) is 44.6 cm³/mol. The van der Waals surface area contributed by atoms with Crippen LogP contribution in [0.5, 0.6) is 0 Å². The first-order chi connectivity index (χ1) is 4.74. The Hall–Kier alpha value is -0.280. The molecule has 66 valence electrons. The van der Waals surface area contributed by atoms with Crippen molar-refractivity contribution in [3.8, 4) is 0 Å². The van der Waals surface area contributed by atoms with Gasteiger partial charge in [0.1, 0.15) is 0 Å². The molecular weight excluding hydrogens is 166 g/mol. The summed E-state index contributed by atoms with van der Waals surface area (Å²) in [5.41, 5.74) is 5.61. The van der Waals surface area contributed by atoms with Crippen LogP contribution in [0.25, 0.3) is 0 Å². The van der Waals surface area contributed by atoms with Gasteiger partial charge in [0, 0.05) is 6.04 Å². The van der Waals surface area contributed by atoms with Gasteiger partial charge in [-0.05, 0) is 19.3 Å². The third-order valence-electron chi connectivity index (χ3n) is 2.01. The minimum atomic E-state index is -0.104. The summed E-state index contributed by atoms with van der Waals surface area (Å²) in [6.07, 6.45) is 2.65. The number of carbonyl (C=O) groups excluding carboxylic acids is 1. The van der Waals surface area contributed by atoms with Crippen LogP contribution in [0.3, 0.4) is 0 Å². The molecule has 0 aliphatic heterocycles. The topological polar surface area (TPSA) is 52.3 Å². The van der Waals surface area contributed by atoms with E-state index in [4.69, 9.17) is 5.73 Å². The summed E-state index contributed by atoms with van der Waals surface area (Å²) in [5.74, 6) is -0.0343. The highest BCUT2D eigenvalue weighted by atomic mass is 35.5. The Morgan fingerprint density at radius 1 is 1.55 bits per heavy atom. The minimum absolute atomic E-state index is 0. The molecule has 1 saturated carbocycles. The van der Waals surface area contributed by atoms with Crippen molar-refractivity contribution in [1.29, 1.82) is 0 Å². The van der Waals surface area contributed by atoms with E-state index in [1.54, 1.807) is 0 Å². The minimum Gasteiger partial charge on any atom is -0.469 e. The lowest BCUT2D eigenvalue weighted by Crippen LogP contribution is -2.18. The Morgan fingerprint density at radius 3 is 2.55 bits per heavy atom. The van der Waals surface area contributed by atoms with Crippen molar-refractivity contribution in [3.63, 3.8) is 0 Å². The first-order valence-corrected chi connectivity index (χ1v) is 3.57. The number of esters is 1. The first-order valence-electron chi connectivity index (χ1n) is 3.57. The van der Waals surface area contributed by atoms with Crippen LogP contribution in [0, 0.1) is 5.92 Å². The molecular formula is C7H14ClNO2. The summed E-state index contributed by atoms with van der Waals surface area (Å²) >= 11 is 0. The molecule has 0 spiro atoms. The van der Waals surface area contributed by atoms with Gasteiger partial charge in [0.2, 0.25) is 0 Å². The summed E-state index contributed by atoms with van der Waals surface area (Å²) in [6.45, 7) is 0. The van der Waals surface area contributed by atoms with E-state index in [0.717, 1.165) is 19.3 Å². The lowest BCUT2D eigenvalue weighted by molar-refractivity contribution is -0.145. The van der Waals surface area contributed by atoms with E-state index in [1.807, 2.05) is 0 Å². The van der Waals surface area contributed by atoms with E-state index in [2.05, 4.69) is 4.74 Å². The third-order valence-corrected chi connectivity index (χ3v) is 2.01. The van der Waals surface area contributed by atoms with E-state index in [9.17, 15) is 4.79 Å². The normalized spacial score (nSPS) is 29.3. The molecule has 1 rings (SSSR count). The number of methoxy groups -OCH3 is 1. The molecule has 1 aliphatic rings. The number of hydrogen-bond acceptors (Lipinski definition) is 3. The van der Waals surface area contributed by atoms with E-state index >= 15 is 0 Å². The van der Waals surface area contributed by atoms with Crippen LogP contribution in [-0.2, 0) is 9.53 Å². The van der Waals surface area contributed by atoms with Crippen molar-refractivity contribution in [1.82, 2.24) is 0 Å². The lowest BCUT2D eigenvalue weighted by atomic mass is 10.1. The molecule has 0 amide bonds. The van der Waals surface area contributed by atoms with Crippen LogP contribution in [0.2, 0.25) is 0 Å². The molecule has 1 aliphatic carbocycles. The molecule has 3 nitrogen and oxygen atoms in total. The van der Waals surface area contributed by atoms with Crippen molar-refractivity contribution in [2.75, 3.05) is 7.11 Å². The maximum Gasteiger partial charge on any atom is 0.308 e. The lowest BCUT2D eigenvalue weighted by Gasteiger charge is -2.04. The molecule has 11 heavy (non-hydrogen) atoms. The van der Waals surface area contributed by atoms with E-state index in [1.165, 1.54) is 7.11 Å². The van der Waals surface area contributed by atoms with Gasteiger partial charge in [-0.15, -0.1) is 12.4 Å². The molecule has 0 aromatic carbocycles. The fourth-order valence-electron chi connectivity index (χ4n) is 1.40. The molecule has 2 atom stereocenters. The number of hydrogen-bond donors (Lipinski definition) is 1. The summed E-state index contributed by atoms with van der Waals surface area (Å²) in [6, 6.07) is 0.212. The van der Waals surface area contributed by atoms with Gasteiger partial charge in [0.25, 0.3) is 0 Å². The average molecular weight is 180 g/mol. The van der Waals surface area contributed by atoms with Crippen LogP contribution < -0.4 is 5.73 Å². The van der Waals surface area contributed by atoms with Crippen molar-refractivity contribution in [2.45, 2.75) is 25.3 Å². The average Bonchev–Trinajstić information content (AvgIpc) is 2.34. The fraction of sp³-hybridized carbons (Fsp3) is 0.857. The van der Waals surface area contributed by atoms with Gasteiger partial charge in [-0.2, -0.15) is 0 Å². The molecule has 0 heterocycles. The van der Waals surface area contributed by atoms with Crippen LogP contribution in [0.15, 0.2) is 0 Å². The SMILES string of the molecule is COC(=O)C1CCC(N)C1.Cl. The largest absolute Gasteiger partial charge is 0.469 e. The van der Waals surface area contributed by atoms with Crippen LogP contribution in [0.1, 0.15) is 19.3 Å². The van der Waals surface area contributed by atoms with Crippen LogP contribution in [-0.4, -0.2) is 19.1 Å². The number of nitrogens with two attached hydrogens (primary N) is 1. The maximum absolute atomic E-state index is 10.9. The zero-order valence-electron chi connectivity index (χ0n) is 6.58. The van der Waals surface area contributed by atoms with Crippen molar-refractivity contribution < 1.29 is 9.53 Å². The second-order valence-corrected chi connectivity index (χ2v) is 2.79. The molecule has 0 radical (unpaired) electrons.